The van der Waals surface area contributed by atoms with E-state index in [4.69, 9.17) is 21.4 Å². The number of rotatable bonds is 5. The first-order chi connectivity index (χ1) is 7.92. The van der Waals surface area contributed by atoms with E-state index in [0.29, 0.717) is 5.05 Å². The highest BCUT2D eigenvalue weighted by atomic mass is 35.5. The second-order valence-corrected chi connectivity index (χ2v) is 4.80. The van der Waals surface area contributed by atoms with Crippen LogP contribution >= 0.6 is 36.0 Å². The van der Waals surface area contributed by atoms with Crippen LogP contribution in [-0.4, -0.2) is 27.7 Å². The number of hydrogen-bond acceptors (Lipinski definition) is 3. The van der Waals surface area contributed by atoms with Crippen LogP contribution in [0.4, 0.5) is 0 Å². The Morgan fingerprint density at radius 2 is 1.59 bits per heavy atom. The molecule has 0 aromatic carbocycles. The molecule has 0 unspecified atom stereocenters. The van der Waals surface area contributed by atoms with Crippen molar-refractivity contribution < 1.29 is 9.84 Å². The van der Waals surface area contributed by atoms with Crippen LogP contribution in [0.2, 0.25) is 0 Å². The van der Waals surface area contributed by atoms with Crippen molar-refractivity contribution in [2.24, 2.45) is 0 Å². The molecule has 0 radical (unpaired) electrons. The molecule has 5 heteroatoms. The van der Waals surface area contributed by atoms with Gasteiger partial charge in [-0.05, 0) is 37.3 Å². The zero-order valence-corrected chi connectivity index (χ0v) is 13.7. The third kappa shape index (κ3) is 63.6. The molecule has 0 rings (SSSR count). The van der Waals surface area contributed by atoms with E-state index in [9.17, 15) is 0 Å². The summed E-state index contributed by atoms with van der Waals surface area (Å²) in [5, 5.41) is 8.43. The van der Waals surface area contributed by atoms with Crippen LogP contribution in [-0.2, 0) is 4.74 Å². The molecule has 2 nitrogen and oxygen atoms in total. The summed E-state index contributed by atoms with van der Waals surface area (Å²) in [7, 11) is 0. The monoisotopic (exact) mass is 300 g/mol. The lowest BCUT2D eigenvalue weighted by Gasteiger charge is -1.97. The normalized spacial score (nSPS) is 8.06. The second kappa shape index (κ2) is 21.4. The van der Waals surface area contributed by atoms with Crippen LogP contribution in [0.15, 0.2) is 0 Å². The summed E-state index contributed by atoms with van der Waals surface area (Å²) in [5.74, 6) is 0.827. The molecule has 0 aliphatic carbocycles. The first-order valence-electron chi connectivity index (χ1n) is 5.81. The van der Waals surface area contributed by atoms with Gasteiger partial charge in [0.1, 0.15) is 0 Å². The zero-order valence-electron chi connectivity index (χ0n) is 11.3. The Kier molecular flexibility index (Phi) is 28.0. The lowest BCUT2D eigenvalue weighted by atomic mass is 10.3. The van der Waals surface area contributed by atoms with Crippen molar-refractivity contribution in [3.05, 3.63) is 0 Å². The van der Waals surface area contributed by atoms with E-state index >= 15 is 0 Å². The standard InChI is InChI=1S/C5H11Cl.C5H10OS.C2H4OS/c1-2-3-4-5-6;1-3-4-6-5(2)7;1-2(3)4/h2-5H2,1H3;3-4H2,1-2H3;1H3,(H,3,4). The van der Waals surface area contributed by atoms with Crippen molar-refractivity contribution in [2.75, 3.05) is 12.5 Å². The van der Waals surface area contributed by atoms with Crippen LogP contribution in [0.3, 0.4) is 0 Å². The average Bonchev–Trinajstić information content (AvgIpc) is 2.23. The summed E-state index contributed by atoms with van der Waals surface area (Å²) in [6.07, 6.45) is 4.77. The maximum absolute atomic E-state index is 7.79. The number of thiocarbonyl (C=S) groups is 2. The molecule has 0 amide bonds. The van der Waals surface area contributed by atoms with Gasteiger partial charge in [0.05, 0.1) is 6.61 Å². The summed E-state index contributed by atoms with van der Waals surface area (Å²) in [5.41, 5.74) is 0. The van der Waals surface area contributed by atoms with Gasteiger partial charge in [-0.15, -0.1) is 11.6 Å². The van der Waals surface area contributed by atoms with Crippen LogP contribution in [0, 0.1) is 0 Å². The number of halogens is 1. The van der Waals surface area contributed by atoms with Crippen LogP contribution in [0.25, 0.3) is 0 Å². The van der Waals surface area contributed by atoms with Crippen molar-refractivity contribution in [3.8, 4) is 0 Å². The number of alkyl halides is 1. The average molecular weight is 301 g/mol. The predicted octanol–water partition coefficient (Wildman–Crippen LogP) is 5.07. The fraction of sp³-hybridized carbons (Fsp3) is 0.833. The van der Waals surface area contributed by atoms with E-state index < -0.39 is 0 Å². The fourth-order valence-corrected chi connectivity index (χ4v) is 0.863. The molecular weight excluding hydrogens is 276 g/mol. The summed E-state index contributed by atoms with van der Waals surface area (Å²) in [6.45, 7) is 8.22. The van der Waals surface area contributed by atoms with E-state index in [1.54, 1.807) is 6.92 Å². The molecule has 0 saturated carbocycles. The molecule has 0 heterocycles. The fourth-order valence-electron chi connectivity index (χ4n) is 0.590. The van der Waals surface area contributed by atoms with E-state index in [1.165, 1.54) is 26.2 Å². The Bertz CT molecular complexity index is 168. The quantitative estimate of drug-likeness (QED) is 0.436. The molecule has 17 heavy (non-hydrogen) atoms. The second-order valence-electron chi connectivity index (χ2n) is 3.26. The Morgan fingerprint density at radius 1 is 1.12 bits per heavy atom. The van der Waals surface area contributed by atoms with Gasteiger partial charge >= 0.3 is 0 Å². The molecule has 0 fully saturated rings. The Labute approximate surface area is 122 Å². The van der Waals surface area contributed by atoms with Crippen LogP contribution < -0.4 is 0 Å². The van der Waals surface area contributed by atoms with Gasteiger partial charge in [0.25, 0.3) is 0 Å². The van der Waals surface area contributed by atoms with Gasteiger partial charge in [0.15, 0.2) is 10.1 Å². The van der Waals surface area contributed by atoms with E-state index in [2.05, 4.69) is 38.3 Å². The highest BCUT2D eigenvalue weighted by molar-refractivity contribution is 7.80. The number of unbranched alkanes of at least 4 members (excludes halogenated alkanes) is 2. The zero-order chi connectivity index (χ0) is 14.1. The Morgan fingerprint density at radius 3 is 1.71 bits per heavy atom. The van der Waals surface area contributed by atoms with Gasteiger partial charge in [-0.3, -0.25) is 0 Å². The van der Waals surface area contributed by atoms with Crippen molar-refractivity contribution >= 4 is 46.1 Å². The van der Waals surface area contributed by atoms with Crippen molar-refractivity contribution in [2.45, 2.75) is 53.4 Å². The molecule has 0 saturated heterocycles. The van der Waals surface area contributed by atoms with Gasteiger partial charge in [-0.2, -0.15) is 0 Å². The number of aliphatic hydroxyl groups excluding tert-OH is 1. The van der Waals surface area contributed by atoms with Crippen LogP contribution in [0.1, 0.15) is 53.4 Å². The van der Waals surface area contributed by atoms with Gasteiger partial charge in [-0.1, -0.05) is 26.7 Å². The number of hydrogen-bond donors (Lipinski definition) is 1. The van der Waals surface area contributed by atoms with E-state index in [1.807, 2.05) is 0 Å². The maximum Gasteiger partial charge on any atom is 0.156 e. The topological polar surface area (TPSA) is 29.5 Å². The third-order valence-corrected chi connectivity index (χ3v) is 1.63. The molecule has 0 spiro atoms. The molecule has 0 aromatic rings. The molecule has 0 aliphatic rings. The Balaban J connectivity index is -0.000000180. The first-order valence-corrected chi connectivity index (χ1v) is 7.16. The lowest BCUT2D eigenvalue weighted by Crippen LogP contribution is -1.95. The molecular formula is C12H25ClO2S2. The molecule has 0 bridgehead atoms. The Hall–Kier alpha value is 0.0700. The highest BCUT2D eigenvalue weighted by Crippen LogP contribution is 1.93. The minimum atomic E-state index is 0.000000000000000222. The third-order valence-electron chi connectivity index (χ3n) is 1.25. The summed E-state index contributed by atoms with van der Waals surface area (Å²) in [4.78, 5) is 0. The van der Waals surface area contributed by atoms with Crippen molar-refractivity contribution in [1.29, 1.82) is 0 Å². The number of aliphatic hydroxyl groups is 1. The smallest absolute Gasteiger partial charge is 0.156 e. The predicted molar refractivity (Wildman–Crippen MR) is 85.7 cm³/mol. The lowest BCUT2D eigenvalue weighted by molar-refractivity contribution is 0.310. The van der Waals surface area contributed by atoms with Crippen molar-refractivity contribution in [1.82, 2.24) is 0 Å². The molecule has 0 atom stereocenters. The van der Waals surface area contributed by atoms with E-state index in [-0.39, 0.29) is 5.05 Å². The van der Waals surface area contributed by atoms with Crippen LogP contribution in [0.5, 0.6) is 0 Å². The summed E-state index contributed by atoms with van der Waals surface area (Å²) < 4.78 is 4.92. The minimum Gasteiger partial charge on any atom is -0.502 e. The SMILES string of the molecule is CC(O)=S.CCCCCCl.CCCOC(C)=S. The maximum atomic E-state index is 7.79. The molecule has 104 valence electrons. The molecule has 1 N–H and O–H groups in total. The van der Waals surface area contributed by atoms with Gasteiger partial charge < -0.3 is 9.84 Å². The first kappa shape index (κ1) is 22.3. The largest absolute Gasteiger partial charge is 0.502 e. The highest BCUT2D eigenvalue weighted by Gasteiger charge is 1.81. The minimum absolute atomic E-state index is 0.000000000000000222. The molecule has 0 aromatic heterocycles. The summed E-state index contributed by atoms with van der Waals surface area (Å²) >= 11 is 14.1. The van der Waals surface area contributed by atoms with E-state index in [0.717, 1.165) is 18.9 Å². The summed E-state index contributed by atoms with van der Waals surface area (Å²) in [6, 6.07) is 0. The van der Waals surface area contributed by atoms with Gasteiger partial charge in [-0.25, -0.2) is 0 Å². The van der Waals surface area contributed by atoms with Gasteiger partial charge in [0.2, 0.25) is 0 Å². The number of ether oxygens (including phenoxy) is 1. The molecule has 0 aliphatic heterocycles. The van der Waals surface area contributed by atoms with Crippen molar-refractivity contribution in [3.63, 3.8) is 0 Å². The van der Waals surface area contributed by atoms with Gasteiger partial charge in [0, 0.05) is 19.7 Å².